The lowest BCUT2D eigenvalue weighted by Crippen LogP contribution is -2.10. The molecule has 0 N–H and O–H groups in total. The van der Waals surface area contributed by atoms with Crippen molar-refractivity contribution in [1.82, 2.24) is 14.8 Å². The van der Waals surface area contributed by atoms with E-state index in [1.165, 1.54) is 6.07 Å². The van der Waals surface area contributed by atoms with Crippen molar-refractivity contribution >= 4 is 28.3 Å². The average Bonchev–Trinajstić information content (AvgIpc) is 2.89. The lowest BCUT2D eigenvalue weighted by Gasteiger charge is -2.13. The molecular formula is C18H14FIN4. The third-order valence-electron chi connectivity index (χ3n) is 4.13. The van der Waals surface area contributed by atoms with Crippen LogP contribution in [0.25, 0.3) is 5.69 Å². The van der Waals surface area contributed by atoms with E-state index in [-0.39, 0.29) is 11.9 Å². The first-order valence-corrected chi connectivity index (χ1v) is 8.69. The Morgan fingerprint density at radius 1 is 1.08 bits per heavy atom. The quantitative estimate of drug-likeness (QED) is 0.541. The maximum absolute atomic E-state index is 14.4. The molecule has 2 aromatic carbocycles. The van der Waals surface area contributed by atoms with Gasteiger partial charge in [0.15, 0.2) is 5.82 Å². The summed E-state index contributed by atoms with van der Waals surface area (Å²) in [6, 6.07) is 12.6. The summed E-state index contributed by atoms with van der Waals surface area (Å²) >= 11 is 2.26. The van der Waals surface area contributed by atoms with Crippen molar-refractivity contribution in [2.24, 2.45) is 4.99 Å². The van der Waals surface area contributed by atoms with Crippen LogP contribution in [0, 0.1) is 16.3 Å². The van der Waals surface area contributed by atoms with E-state index < -0.39 is 0 Å². The van der Waals surface area contributed by atoms with Crippen molar-refractivity contribution in [1.29, 1.82) is 0 Å². The highest BCUT2D eigenvalue weighted by Gasteiger charge is 2.26. The summed E-state index contributed by atoms with van der Waals surface area (Å²) in [6.07, 6.45) is 0. The van der Waals surface area contributed by atoms with E-state index in [0.29, 0.717) is 11.3 Å². The van der Waals surface area contributed by atoms with E-state index in [9.17, 15) is 4.39 Å². The zero-order chi connectivity index (χ0) is 16.8. The number of aromatic nitrogens is 3. The highest BCUT2D eigenvalue weighted by Crippen LogP contribution is 2.31. The highest BCUT2D eigenvalue weighted by molar-refractivity contribution is 14.1. The fraction of sp³-hybridized carbons (Fsp3) is 0.167. The summed E-state index contributed by atoms with van der Waals surface area (Å²) in [5.41, 5.74) is 2.97. The van der Waals surface area contributed by atoms with Gasteiger partial charge in [0, 0.05) is 14.7 Å². The Hall–Kier alpha value is -2.09. The Bertz CT molecular complexity index is 977. The first-order chi connectivity index (χ1) is 11.6. The molecule has 2 heterocycles. The van der Waals surface area contributed by atoms with Crippen LogP contribution in [0.3, 0.4) is 0 Å². The lowest BCUT2D eigenvalue weighted by molar-refractivity contribution is 0.624. The molecule has 0 unspecified atom stereocenters. The molecule has 4 nitrogen and oxygen atoms in total. The monoisotopic (exact) mass is 432 g/mol. The summed E-state index contributed by atoms with van der Waals surface area (Å²) in [5.74, 6) is 1.29. The van der Waals surface area contributed by atoms with Crippen LogP contribution in [-0.2, 0) is 0 Å². The number of rotatable bonds is 1. The maximum atomic E-state index is 14.4. The molecule has 120 valence electrons. The van der Waals surface area contributed by atoms with Gasteiger partial charge in [-0.05, 0) is 66.8 Å². The summed E-state index contributed by atoms with van der Waals surface area (Å²) in [6.45, 7) is 3.87. The molecule has 4 rings (SSSR count). The number of fused-ring (bicyclic) bond motifs is 3. The van der Waals surface area contributed by atoms with Gasteiger partial charge in [-0.15, -0.1) is 10.2 Å². The minimum atomic E-state index is -0.275. The van der Waals surface area contributed by atoms with Crippen molar-refractivity contribution in [2.45, 2.75) is 19.9 Å². The normalized spacial score (nSPS) is 16.2. The van der Waals surface area contributed by atoms with Crippen molar-refractivity contribution in [3.05, 3.63) is 74.6 Å². The number of benzene rings is 2. The van der Waals surface area contributed by atoms with Crippen LogP contribution < -0.4 is 0 Å². The number of halogens is 2. The molecule has 24 heavy (non-hydrogen) atoms. The van der Waals surface area contributed by atoms with Crippen LogP contribution in [-0.4, -0.2) is 20.5 Å². The predicted molar refractivity (Wildman–Crippen MR) is 99.3 cm³/mol. The van der Waals surface area contributed by atoms with Crippen molar-refractivity contribution in [3.63, 3.8) is 0 Å². The van der Waals surface area contributed by atoms with E-state index in [1.807, 2.05) is 42.7 Å². The number of nitrogens with zero attached hydrogens (tertiary/aromatic N) is 4. The first-order valence-electron chi connectivity index (χ1n) is 7.61. The minimum Gasteiger partial charge on any atom is -0.281 e. The van der Waals surface area contributed by atoms with Gasteiger partial charge < -0.3 is 0 Å². The molecule has 0 saturated carbocycles. The van der Waals surface area contributed by atoms with Gasteiger partial charge >= 0.3 is 0 Å². The molecule has 3 aromatic rings. The van der Waals surface area contributed by atoms with Crippen molar-refractivity contribution < 1.29 is 4.39 Å². The van der Waals surface area contributed by atoms with Gasteiger partial charge in [0.05, 0.1) is 11.4 Å². The fourth-order valence-corrected chi connectivity index (χ4v) is 3.52. The zero-order valence-corrected chi connectivity index (χ0v) is 15.3. The second-order valence-electron chi connectivity index (χ2n) is 5.74. The molecular weight excluding hydrogens is 418 g/mol. The second-order valence-corrected chi connectivity index (χ2v) is 6.98. The second kappa shape index (κ2) is 5.77. The molecule has 0 radical (unpaired) electrons. The topological polar surface area (TPSA) is 43.1 Å². The standard InChI is InChI=1S/C18H14FIN4/c1-10-18-23-22-11(2)24(18)16-8-7-12(20)9-14(16)17(21-10)13-5-3-4-6-15(13)19/h3-10H,1-2H3/t10-/m0/s1. The van der Waals surface area contributed by atoms with Crippen LogP contribution >= 0.6 is 22.6 Å². The van der Waals surface area contributed by atoms with Gasteiger partial charge in [-0.25, -0.2) is 4.39 Å². The van der Waals surface area contributed by atoms with E-state index in [1.54, 1.807) is 12.1 Å². The zero-order valence-electron chi connectivity index (χ0n) is 13.2. The first kappa shape index (κ1) is 15.4. The van der Waals surface area contributed by atoms with E-state index in [0.717, 1.165) is 26.5 Å². The molecule has 0 bridgehead atoms. The Morgan fingerprint density at radius 2 is 1.88 bits per heavy atom. The molecule has 1 aliphatic heterocycles. The Morgan fingerprint density at radius 3 is 2.67 bits per heavy atom. The third kappa shape index (κ3) is 2.36. The van der Waals surface area contributed by atoms with Gasteiger partial charge in [0.1, 0.15) is 17.7 Å². The Labute approximate surface area is 152 Å². The Balaban J connectivity index is 2.07. The molecule has 0 spiro atoms. The van der Waals surface area contributed by atoms with Crippen LogP contribution in [0.15, 0.2) is 47.5 Å². The number of aliphatic imine (C=N–C) groups is 1. The van der Waals surface area contributed by atoms with Gasteiger partial charge in [0.25, 0.3) is 0 Å². The van der Waals surface area contributed by atoms with E-state index in [4.69, 9.17) is 4.99 Å². The largest absolute Gasteiger partial charge is 0.281 e. The Kier molecular flexibility index (Phi) is 3.71. The van der Waals surface area contributed by atoms with Crippen LogP contribution in [0.5, 0.6) is 0 Å². The molecule has 6 heteroatoms. The number of aryl methyl sites for hydroxylation is 1. The van der Waals surface area contributed by atoms with E-state index >= 15 is 0 Å². The summed E-state index contributed by atoms with van der Waals surface area (Å²) in [5, 5.41) is 8.47. The molecule has 0 aliphatic carbocycles. The third-order valence-corrected chi connectivity index (χ3v) is 4.80. The maximum Gasteiger partial charge on any atom is 0.162 e. The van der Waals surface area contributed by atoms with Crippen LogP contribution in [0.1, 0.15) is 35.7 Å². The number of hydrogen-bond donors (Lipinski definition) is 0. The lowest BCUT2D eigenvalue weighted by atomic mass is 10.00. The van der Waals surface area contributed by atoms with Gasteiger partial charge in [-0.2, -0.15) is 0 Å². The molecule has 0 fully saturated rings. The molecule has 1 aromatic heterocycles. The van der Waals surface area contributed by atoms with E-state index in [2.05, 4.69) is 32.8 Å². The summed E-state index contributed by atoms with van der Waals surface area (Å²) in [4.78, 5) is 4.79. The molecule has 1 aliphatic rings. The molecule has 1 atom stereocenters. The van der Waals surface area contributed by atoms with Crippen molar-refractivity contribution in [3.8, 4) is 5.69 Å². The average molecular weight is 432 g/mol. The SMILES string of the molecule is Cc1nnc2n1-c1ccc(I)cc1C(c1ccccc1F)=N[C@H]2C. The van der Waals surface area contributed by atoms with Gasteiger partial charge in [-0.1, -0.05) is 12.1 Å². The van der Waals surface area contributed by atoms with Crippen molar-refractivity contribution in [2.75, 3.05) is 0 Å². The summed E-state index contributed by atoms with van der Waals surface area (Å²) in [7, 11) is 0. The number of hydrogen-bond acceptors (Lipinski definition) is 3. The van der Waals surface area contributed by atoms with Crippen LogP contribution in [0.4, 0.5) is 4.39 Å². The smallest absolute Gasteiger partial charge is 0.162 e. The highest BCUT2D eigenvalue weighted by atomic mass is 127. The predicted octanol–water partition coefficient (Wildman–Crippen LogP) is 4.23. The minimum absolute atomic E-state index is 0.217. The molecule has 0 saturated heterocycles. The van der Waals surface area contributed by atoms with Gasteiger partial charge in [-0.3, -0.25) is 9.56 Å². The van der Waals surface area contributed by atoms with Gasteiger partial charge in [0.2, 0.25) is 0 Å². The summed E-state index contributed by atoms with van der Waals surface area (Å²) < 4.78 is 17.5. The fourth-order valence-electron chi connectivity index (χ4n) is 3.03. The molecule has 0 amide bonds. The van der Waals surface area contributed by atoms with Crippen LogP contribution in [0.2, 0.25) is 0 Å².